The van der Waals surface area contributed by atoms with Gasteiger partial charge >= 0.3 is 0 Å². The molecule has 0 saturated heterocycles. The molecule has 4 aromatic carbocycles. The van der Waals surface area contributed by atoms with E-state index >= 15 is 0 Å². The van der Waals surface area contributed by atoms with Crippen molar-refractivity contribution in [3.63, 3.8) is 0 Å². The molecule has 184 valence electrons. The lowest BCUT2D eigenvalue weighted by atomic mass is 9.81. The van der Waals surface area contributed by atoms with Gasteiger partial charge in [-0.05, 0) is 45.8 Å². The van der Waals surface area contributed by atoms with Gasteiger partial charge in [0.25, 0.3) is 0 Å². The molecule has 0 radical (unpaired) electrons. The molecule has 1 aliphatic rings. The van der Waals surface area contributed by atoms with Gasteiger partial charge in [-0.15, -0.1) is 0 Å². The predicted molar refractivity (Wildman–Crippen MR) is 147 cm³/mol. The minimum atomic E-state index is -0.00375. The van der Waals surface area contributed by atoms with E-state index in [1.807, 2.05) is 33.8 Å². The lowest BCUT2D eigenvalue weighted by Gasteiger charge is -2.29. The van der Waals surface area contributed by atoms with Gasteiger partial charge in [0.1, 0.15) is 17.3 Å². The Morgan fingerprint density at radius 3 is 1.43 bits per heavy atom. The number of fused-ring (bicyclic) bond motifs is 6. The minimum Gasteiger partial charge on any atom is -0.468 e. The number of benzene rings is 4. The molecule has 0 amide bonds. The van der Waals surface area contributed by atoms with Crippen molar-refractivity contribution in [1.82, 2.24) is 0 Å². The summed E-state index contributed by atoms with van der Waals surface area (Å²) < 4.78 is 12.3. The Hall–Kier alpha value is -3.60. The number of hydrogen-bond acceptors (Lipinski definition) is 4. The Balaban J connectivity index is 0.000000495. The van der Waals surface area contributed by atoms with Crippen LogP contribution in [-0.2, 0) is 0 Å². The van der Waals surface area contributed by atoms with E-state index < -0.39 is 0 Å². The molecule has 1 aliphatic heterocycles. The fraction of sp³-hybridized carbons (Fsp3) is 0.226. The summed E-state index contributed by atoms with van der Waals surface area (Å²) in [6.45, 7) is 8.00. The van der Waals surface area contributed by atoms with E-state index in [9.17, 15) is 0 Å². The maximum Gasteiger partial charge on any atom is 0.132 e. The smallest absolute Gasteiger partial charge is 0.132 e. The standard InChI is InChI=1S/C25H16O2.2C2H6.2CH4O/c1-3-8-18-16(6-1)11-13-21-23(18)25(20-10-5-15-26-20)24-19-9-4-2-7-17(19)12-14-22(24)27-21;4*1-2/h1-15,25H;2*1-2H3;2*2H,1H3. The summed E-state index contributed by atoms with van der Waals surface area (Å²) >= 11 is 0. The van der Waals surface area contributed by atoms with E-state index in [-0.39, 0.29) is 5.92 Å². The van der Waals surface area contributed by atoms with Crippen LogP contribution in [0.25, 0.3) is 21.5 Å². The second-order valence-corrected chi connectivity index (χ2v) is 6.95. The van der Waals surface area contributed by atoms with Crippen molar-refractivity contribution in [2.75, 3.05) is 14.2 Å². The third-order valence-corrected chi connectivity index (χ3v) is 5.49. The van der Waals surface area contributed by atoms with Crippen LogP contribution >= 0.6 is 0 Å². The van der Waals surface area contributed by atoms with Crippen molar-refractivity contribution < 1.29 is 19.4 Å². The molecule has 0 saturated carbocycles. The number of ether oxygens (including phenoxy) is 1. The lowest BCUT2D eigenvalue weighted by molar-refractivity contribution is 0.399. The highest BCUT2D eigenvalue weighted by Crippen LogP contribution is 2.52. The van der Waals surface area contributed by atoms with Crippen LogP contribution in [0, 0.1) is 0 Å². The maximum atomic E-state index is 7.00. The topological polar surface area (TPSA) is 62.8 Å². The van der Waals surface area contributed by atoms with Crippen molar-refractivity contribution >= 4 is 21.5 Å². The van der Waals surface area contributed by atoms with Gasteiger partial charge in [-0.3, -0.25) is 0 Å². The molecule has 35 heavy (non-hydrogen) atoms. The van der Waals surface area contributed by atoms with Crippen LogP contribution in [0.5, 0.6) is 11.5 Å². The van der Waals surface area contributed by atoms with Gasteiger partial charge in [-0.1, -0.05) is 88.4 Å². The van der Waals surface area contributed by atoms with Crippen LogP contribution in [0.2, 0.25) is 0 Å². The Labute approximate surface area is 208 Å². The van der Waals surface area contributed by atoms with E-state index in [2.05, 4.69) is 78.9 Å². The molecule has 6 rings (SSSR count). The zero-order chi connectivity index (χ0) is 25.8. The maximum absolute atomic E-state index is 7.00. The van der Waals surface area contributed by atoms with Crippen LogP contribution in [0.3, 0.4) is 0 Å². The van der Waals surface area contributed by atoms with Crippen molar-refractivity contribution in [1.29, 1.82) is 0 Å². The molecule has 0 fully saturated rings. The molecule has 0 unspecified atom stereocenters. The first-order valence-corrected chi connectivity index (χ1v) is 12.0. The summed E-state index contributed by atoms with van der Waals surface area (Å²) in [5.74, 6) is 2.74. The molecule has 5 aromatic rings. The first-order chi connectivity index (χ1) is 17.4. The molecule has 2 heterocycles. The normalized spacial score (nSPS) is 11.0. The number of hydrogen-bond donors (Lipinski definition) is 2. The summed E-state index contributed by atoms with van der Waals surface area (Å²) in [4.78, 5) is 0. The van der Waals surface area contributed by atoms with E-state index in [1.165, 1.54) is 32.7 Å². The predicted octanol–water partition coefficient (Wildman–Crippen LogP) is 8.14. The van der Waals surface area contributed by atoms with E-state index in [0.29, 0.717) is 0 Å². The van der Waals surface area contributed by atoms with Crippen LogP contribution in [0.4, 0.5) is 0 Å². The number of rotatable bonds is 1. The molecule has 0 atom stereocenters. The molecule has 1 aromatic heterocycles. The van der Waals surface area contributed by atoms with Gasteiger partial charge in [-0.25, -0.2) is 0 Å². The highest BCUT2D eigenvalue weighted by molar-refractivity contribution is 5.94. The molecule has 0 bridgehead atoms. The zero-order valence-electron chi connectivity index (χ0n) is 21.4. The van der Waals surface area contributed by atoms with Gasteiger partial charge in [0.15, 0.2) is 0 Å². The minimum absolute atomic E-state index is 0.00375. The van der Waals surface area contributed by atoms with Crippen molar-refractivity contribution in [3.8, 4) is 11.5 Å². The third kappa shape index (κ3) is 5.40. The fourth-order valence-electron chi connectivity index (χ4n) is 4.33. The van der Waals surface area contributed by atoms with Crippen molar-refractivity contribution in [2.24, 2.45) is 0 Å². The SMILES string of the molecule is CC.CC.CO.CO.c1coc(C2c3c(ccc4ccccc34)Oc3ccc4ccccc4c32)c1. The third-order valence-electron chi connectivity index (χ3n) is 5.49. The molecule has 2 N–H and O–H groups in total. The van der Waals surface area contributed by atoms with Crippen LogP contribution < -0.4 is 4.74 Å². The van der Waals surface area contributed by atoms with E-state index in [4.69, 9.17) is 19.4 Å². The Bertz CT molecular complexity index is 1220. The monoisotopic (exact) mass is 472 g/mol. The summed E-state index contributed by atoms with van der Waals surface area (Å²) in [5.41, 5.74) is 2.35. The molecule has 4 nitrogen and oxygen atoms in total. The van der Waals surface area contributed by atoms with Crippen LogP contribution in [0.1, 0.15) is 50.5 Å². The lowest BCUT2D eigenvalue weighted by Crippen LogP contribution is -2.12. The molecule has 4 heteroatoms. The second kappa shape index (κ2) is 14.0. The highest BCUT2D eigenvalue weighted by atomic mass is 16.5. The summed E-state index contributed by atoms with van der Waals surface area (Å²) in [7, 11) is 2.00. The zero-order valence-corrected chi connectivity index (χ0v) is 21.4. The molecular weight excluding hydrogens is 436 g/mol. The number of furan rings is 1. The first kappa shape index (κ1) is 27.6. The second-order valence-electron chi connectivity index (χ2n) is 6.95. The van der Waals surface area contributed by atoms with E-state index in [1.54, 1.807) is 6.26 Å². The number of aliphatic hydroxyl groups is 2. The summed E-state index contributed by atoms with van der Waals surface area (Å²) in [6.07, 6.45) is 1.75. The molecule has 0 aliphatic carbocycles. The first-order valence-electron chi connectivity index (χ1n) is 12.0. The van der Waals surface area contributed by atoms with Crippen molar-refractivity contribution in [2.45, 2.75) is 33.6 Å². The average molecular weight is 473 g/mol. The largest absolute Gasteiger partial charge is 0.468 e. The number of aliphatic hydroxyl groups excluding tert-OH is 2. The Morgan fingerprint density at radius 1 is 0.543 bits per heavy atom. The van der Waals surface area contributed by atoms with Crippen LogP contribution in [0.15, 0.2) is 95.6 Å². The quantitative estimate of drug-likeness (QED) is 0.253. The molecule has 0 spiro atoms. The Morgan fingerprint density at radius 2 is 1.00 bits per heavy atom. The van der Waals surface area contributed by atoms with Crippen LogP contribution in [-0.4, -0.2) is 24.4 Å². The van der Waals surface area contributed by atoms with Gasteiger partial charge in [0, 0.05) is 25.3 Å². The molecular formula is C31H36O4. The van der Waals surface area contributed by atoms with Gasteiger partial charge in [0.05, 0.1) is 12.2 Å². The van der Waals surface area contributed by atoms with Gasteiger partial charge in [-0.2, -0.15) is 0 Å². The van der Waals surface area contributed by atoms with Gasteiger partial charge < -0.3 is 19.4 Å². The fourth-order valence-corrected chi connectivity index (χ4v) is 4.33. The van der Waals surface area contributed by atoms with Crippen molar-refractivity contribution in [3.05, 3.63) is 108 Å². The highest BCUT2D eigenvalue weighted by Gasteiger charge is 2.33. The van der Waals surface area contributed by atoms with Gasteiger partial charge in [0.2, 0.25) is 0 Å². The van der Waals surface area contributed by atoms with E-state index in [0.717, 1.165) is 31.5 Å². The summed E-state index contributed by atoms with van der Waals surface area (Å²) in [5, 5.41) is 18.8. The average Bonchev–Trinajstić information content (AvgIpc) is 3.51. The Kier molecular flexibility index (Phi) is 11.0. The summed E-state index contributed by atoms with van der Waals surface area (Å²) in [6, 6.07) is 29.4.